The van der Waals surface area contributed by atoms with E-state index in [0.717, 1.165) is 55.4 Å². The number of ketones is 1. The second-order valence-corrected chi connectivity index (χ2v) is 11.4. The van der Waals surface area contributed by atoms with Gasteiger partial charge < -0.3 is 9.64 Å². The van der Waals surface area contributed by atoms with E-state index in [1.807, 2.05) is 13.0 Å². The Hall–Kier alpha value is -1.55. The molecule has 4 bridgehead atoms. The minimum absolute atomic E-state index is 0.0804. The minimum Gasteiger partial charge on any atom is -0.486 e. The van der Waals surface area contributed by atoms with E-state index in [0.29, 0.717) is 41.8 Å². The van der Waals surface area contributed by atoms with E-state index in [1.165, 1.54) is 19.3 Å². The molecule has 2 heterocycles. The molecule has 160 valence electrons. The van der Waals surface area contributed by atoms with Crippen molar-refractivity contribution in [3.8, 4) is 5.75 Å². The van der Waals surface area contributed by atoms with Crippen LogP contribution >= 0.6 is 11.6 Å². The van der Waals surface area contributed by atoms with E-state index in [-0.39, 0.29) is 11.2 Å². The summed E-state index contributed by atoms with van der Waals surface area (Å²) in [6, 6.07) is 3.64. The number of ether oxygens (including phenoxy) is 1. The maximum absolute atomic E-state index is 13.7. The highest BCUT2D eigenvalue weighted by Gasteiger charge is 2.56. The normalized spacial score (nSPS) is 36.0. The van der Waals surface area contributed by atoms with Crippen molar-refractivity contribution in [3.63, 3.8) is 0 Å². The van der Waals surface area contributed by atoms with Crippen molar-refractivity contribution in [2.45, 2.75) is 70.3 Å². The number of carbonyl (C=O) groups is 2. The van der Waals surface area contributed by atoms with Crippen molar-refractivity contribution >= 4 is 23.3 Å². The number of carbonyl (C=O) groups excluding carboxylic acids is 2. The lowest BCUT2D eigenvalue weighted by Crippen LogP contribution is -2.58. The van der Waals surface area contributed by atoms with Crippen LogP contribution in [0.15, 0.2) is 12.1 Å². The molecular formula is C25H30ClNO3. The second kappa shape index (κ2) is 6.48. The van der Waals surface area contributed by atoms with Gasteiger partial charge in [-0.25, -0.2) is 0 Å². The second-order valence-electron chi connectivity index (χ2n) is 11.0. The van der Waals surface area contributed by atoms with Gasteiger partial charge >= 0.3 is 0 Å². The summed E-state index contributed by atoms with van der Waals surface area (Å²) < 4.78 is 6.43. The summed E-state index contributed by atoms with van der Waals surface area (Å²) in [5.74, 6) is 3.52. The fourth-order valence-electron chi connectivity index (χ4n) is 7.72. The van der Waals surface area contributed by atoms with Crippen molar-refractivity contribution in [2.24, 2.45) is 23.2 Å². The number of nitrogens with zero attached hydrogens (tertiary/aromatic N) is 1. The third-order valence-corrected chi connectivity index (χ3v) is 9.23. The number of hydrogen-bond donors (Lipinski definition) is 0. The number of hydrogen-bond acceptors (Lipinski definition) is 3. The number of likely N-dealkylation sites (tertiary alicyclic amines) is 1. The van der Waals surface area contributed by atoms with E-state index < -0.39 is 5.60 Å². The molecule has 1 amide bonds. The number of aryl methyl sites for hydroxylation is 1. The Bertz CT molecular complexity index is 895. The Morgan fingerprint density at radius 2 is 1.67 bits per heavy atom. The Morgan fingerprint density at radius 3 is 2.27 bits per heavy atom. The van der Waals surface area contributed by atoms with Crippen LogP contribution in [0.25, 0.3) is 0 Å². The SMILES string of the molecule is Cc1cc2c(cc1Cl)C(=O)CC1(CCN(C(=O)C34CC5CC(CC(C5)C3)C4)CC1)O2. The highest BCUT2D eigenvalue weighted by Crippen LogP contribution is 2.60. The number of halogens is 1. The summed E-state index contributed by atoms with van der Waals surface area (Å²) in [5.41, 5.74) is 0.976. The maximum atomic E-state index is 13.7. The fraction of sp³-hybridized carbons (Fsp3) is 0.680. The van der Waals surface area contributed by atoms with Gasteiger partial charge in [-0.1, -0.05) is 11.6 Å². The summed E-state index contributed by atoms with van der Waals surface area (Å²) in [6.07, 6.45) is 9.26. The Balaban J connectivity index is 1.19. The molecule has 7 rings (SSSR count). The molecule has 0 aromatic heterocycles. The predicted molar refractivity (Wildman–Crippen MR) is 115 cm³/mol. The number of benzene rings is 1. The average molecular weight is 428 g/mol. The molecule has 4 nitrogen and oxygen atoms in total. The molecule has 5 fully saturated rings. The van der Waals surface area contributed by atoms with Crippen LogP contribution < -0.4 is 4.74 Å². The van der Waals surface area contributed by atoms with E-state index >= 15 is 0 Å². The number of piperidine rings is 1. The van der Waals surface area contributed by atoms with Gasteiger partial charge in [0.25, 0.3) is 0 Å². The topological polar surface area (TPSA) is 46.6 Å². The molecule has 4 saturated carbocycles. The quantitative estimate of drug-likeness (QED) is 0.619. The van der Waals surface area contributed by atoms with Gasteiger partial charge in [-0.15, -0.1) is 0 Å². The predicted octanol–water partition coefficient (Wildman–Crippen LogP) is 5.19. The molecule has 1 spiro atoms. The molecule has 1 aromatic carbocycles. The monoisotopic (exact) mass is 427 g/mol. The van der Waals surface area contributed by atoms with Gasteiger partial charge in [0.05, 0.1) is 17.4 Å². The molecule has 6 aliphatic rings. The van der Waals surface area contributed by atoms with Gasteiger partial charge in [0.2, 0.25) is 5.91 Å². The smallest absolute Gasteiger partial charge is 0.228 e. The largest absolute Gasteiger partial charge is 0.486 e. The zero-order chi connectivity index (χ0) is 20.7. The summed E-state index contributed by atoms with van der Waals surface area (Å²) in [6.45, 7) is 3.34. The lowest BCUT2D eigenvalue weighted by molar-refractivity contribution is -0.161. The van der Waals surface area contributed by atoms with E-state index in [9.17, 15) is 9.59 Å². The Morgan fingerprint density at radius 1 is 1.07 bits per heavy atom. The molecule has 0 unspecified atom stereocenters. The summed E-state index contributed by atoms with van der Waals surface area (Å²) in [5, 5.41) is 0.609. The van der Waals surface area contributed by atoms with Crippen LogP contribution in [0.3, 0.4) is 0 Å². The highest BCUT2D eigenvalue weighted by atomic mass is 35.5. The van der Waals surface area contributed by atoms with Gasteiger partial charge in [-0.05, 0) is 80.9 Å². The summed E-state index contributed by atoms with van der Waals surface area (Å²) in [4.78, 5) is 28.6. The van der Waals surface area contributed by atoms with Gasteiger partial charge in [0, 0.05) is 31.0 Å². The van der Waals surface area contributed by atoms with Crippen LogP contribution in [-0.2, 0) is 4.79 Å². The lowest BCUT2D eigenvalue weighted by atomic mass is 9.49. The standard InChI is InChI=1S/C25H30ClNO3/c1-15-6-22-19(10-20(15)26)21(28)14-25(30-22)2-4-27(5-3-25)23(29)24-11-16-7-17(12-24)9-18(8-16)13-24/h6,10,16-18H,2-5,7-9,11-14H2,1H3. The van der Waals surface area contributed by atoms with Gasteiger partial charge in [0.1, 0.15) is 11.4 Å². The zero-order valence-electron chi connectivity index (χ0n) is 17.7. The highest BCUT2D eigenvalue weighted by molar-refractivity contribution is 6.31. The van der Waals surface area contributed by atoms with Gasteiger partial charge in [0.15, 0.2) is 5.78 Å². The van der Waals surface area contributed by atoms with Crippen molar-refractivity contribution in [3.05, 3.63) is 28.3 Å². The van der Waals surface area contributed by atoms with Crippen molar-refractivity contribution < 1.29 is 14.3 Å². The number of fused-ring (bicyclic) bond motifs is 1. The molecule has 4 aliphatic carbocycles. The molecule has 1 saturated heterocycles. The van der Waals surface area contributed by atoms with Crippen molar-refractivity contribution in [2.75, 3.05) is 13.1 Å². The molecular weight excluding hydrogens is 398 g/mol. The summed E-state index contributed by atoms with van der Waals surface area (Å²) >= 11 is 6.22. The molecule has 0 atom stereocenters. The Kier molecular flexibility index (Phi) is 4.14. The van der Waals surface area contributed by atoms with E-state index in [4.69, 9.17) is 16.3 Å². The average Bonchev–Trinajstić information content (AvgIpc) is 2.69. The molecule has 1 aromatic rings. The van der Waals surface area contributed by atoms with Crippen LogP contribution in [0, 0.1) is 30.1 Å². The molecule has 30 heavy (non-hydrogen) atoms. The summed E-state index contributed by atoms with van der Waals surface area (Å²) in [7, 11) is 0. The fourth-order valence-corrected chi connectivity index (χ4v) is 7.88. The first-order valence-corrected chi connectivity index (χ1v) is 12.0. The third-order valence-electron chi connectivity index (χ3n) is 8.82. The Labute approximate surface area is 183 Å². The van der Waals surface area contributed by atoms with Crippen molar-refractivity contribution in [1.82, 2.24) is 4.90 Å². The lowest BCUT2D eigenvalue weighted by Gasteiger charge is -2.57. The first-order chi connectivity index (χ1) is 14.3. The molecule has 0 radical (unpaired) electrons. The van der Waals surface area contributed by atoms with Crippen LogP contribution in [0.1, 0.15) is 73.7 Å². The van der Waals surface area contributed by atoms with Crippen LogP contribution in [0.5, 0.6) is 5.75 Å². The van der Waals surface area contributed by atoms with Crippen LogP contribution in [-0.4, -0.2) is 35.3 Å². The van der Waals surface area contributed by atoms with Gasteiger partial charge in [-0.2, -0.15) is 0 Å². The van der Waals surface area contributed by atoms with E-state index in [1.54, 1.807) is 6.07 Å². The van der Waals surface area contributed by atoms with Crippen LogP contribution in [0.4, 0.5) is 0 Å². The number of rotatable bonds is 1. The van der Waals surface area contributed by atoms with Crippen molar-refractivity contribution in [1.29, 1.82) is 0 Å². The zero-order valence-corrected chi connectivity index (χ0v) is 18.5. The first-order valence-electron chi connectivity index (χ1n) is 11.7. The third kappa shape index (κ3) is 2.86. The number of amides is 1. The first kappa shape index (κ1) is 19.2. The minimum atomic E-state index is -0.470. The van der Waals surface area contributed by atoms with Gasteiger partial charge in [-0.3, -0.25) is 9.59 Å². The number of Topliss-reactive ketones (excluding diaryl/α,β-unsaturated/α-hetero) is 1. The van der Waals surface area contributed by atoms with E-state index in [2.05, 4.69) is 4.90 Å². The molecule has 0 N–H and O–H groups in total. The molecule has 2 aliphatic heterocycles. The van der Waals surface area contributed by atoms with Crippen LogP contribution in [0.2, 0.25) is 5.02 Å². The molecule has 5 heteroatoms. The maximum Gasteiger partial charge on any atom is 0.228 e.